The predicted octanol–water partition coefficient (Wildman–Crippen LogP) is 5.10. The van der Waals surface area contributed by atoms with Crippen LogP contribution in [-0.2, 0) is 13.0 Å². The van der Waals surface area contributed by atoms with Gasteiger partial charge >= 0.3 is 0 Å². The van der Waals surface area contributed by atoms with Gasteiger partial charge in [-0.05, 0) is 42.3 Å². The van der Waals surface area contributed by atoms with Crippen LogP contribution >= 0.6 is 11.3 Å². The van der Waals surface area contributed by atoms with Crippen LogP contribution in [0.25, 0.3) is 26.4 Å². The number of fused-ring (bicyclic) bond motifs is 3. The number of pyridine rings is 1. The molecule has 0 aliphatic rings. The summed E-state index contributed by atoms with van der Waals surface area (Å²) in [5.74, 6) is -0.106. The number of nitrogens with zero attached hydrogens (tertiary/aromatic N) is 3. The van der Waals surface area contributed by atoms with Crippen LogP contribution in [0.4, 0.5) is 0 Å². The average Bonchev–Trinajstić information content (AvgIpc) is 3.36. The summed E-state index contributed by atoms with van der Waals surface area (Å²) in [7, 11) is 0. The van der Waals surface area contributed by atoms with Crippen LogP contribution in [0.2, 0.25) is 0 Å². The molecule has 5 rings (SSSR count). The molecular formula is C24H20N4OS. The lowest BCUT2D eigenvalue weighted by atomic mass is 10.1. The number of thiazole rings is 1. The molecule has 1 amide bonds. The molecule has 0 fully saturated rings. The number of imidazole rings is 1. The summed E-state index contributed by atoms with van der Waals surface area (Å²) >= 11 is 1.59. The number of hydrogen-bond donors (Lipinski definition) is 1. The number of benzene rings is 2. The van der Waals surface area contributed by atoms with Crippen molar-refractivity contribution in [2.24, 2.45) is 0 Å². The normalized spacial score (nSPS) is 11.2. The molecule has 0 aliphatic carbocycles. The average molecular weight is 413 g/mol. The molecule has 3 aromatic heterocycles. The first kappa shape index (κ1) is 18.5. The maximum atomic E-state index is 12.5. The minimum Gasteiger partial charge on any atom is -0.346 e. The standard InChI is InChI=1S/C24H20N4OS/c1-2-16-6-8-17(9-7-16)20-15-28-21-11-10-18(13-22(21)30-24(28)27-20)23(29)26-14-19-5-3-4-12-25-19/h3-13,15H,2,14H2,1H3,(H,26,29). The van der Waals surface area contributed by atoms with E-state index in [9.17, 15) is 4.79 Å². The van der Waals surface area contributed by atoms with E-state index >= 15 is 0 Å². The molecule has 6 heteroatoms. The van der Waals surface area contributed by atoms with Gasteiger partial charge in [0.05, 0.1) is 28.1 Å². The van der Waals surface area contributed by atoms with E-state index in [1.54, 1.807) is 17.5 Å². The summed E-state index contributed by atoms with van der Waals surface area (Å²) in [6.45, 7) is 2.56. The molecule has 3 heterocycles. The number of amides is 1. The fourth-order valence-electron chi connectivity index (χ4n) is 3.47. The quantitative estimate of drug-likeness (QED) is 0.437. The van der Waals surface area contributed by atoms with Crippen molar-refractivity contribution in [1.82, 2.24) is 19.7 Å². The topological polar surface area (TPSA) is 59.3 Å². The number of nitrogens with one attached hydrogen (secondary N) is 1. The molecule has 0 spiro atoms. The van der Waals surface area contributed by atoms with Crippen LogP contribution in [0.1, 0.15) is 28.5 Å². The van der Waals surface area contributed by atoms with Gasteiger partial charge in [-0.2, -0.15) is 0 Å². The van der Waals surface area contributed by atoms with Gasteiger partial charge < -0.3 is 5.32 Å². The Kier molecular flexibility index (Phi) is 4.77. The van der Waals surface area contributed by atoms with Gasteiger partial charge in [0.1, 0.15) is 0 Å². The van der Waals surface area contributed by atoms with Gasteiger partial charge in [-0.1, -0.05) is 48.6 Å². The monoisotopic (exact) mass is 412 g/mol. The molecule has 5 nitrogen and oxygen atoms in total. The number of aromatic nitrogens is 3. The van der Waals surface area contributed by atoms with Crippen LogP contribution in [0.3, 0.4) is 0 Å². The summed E-state index contributed by atoms with van der Waals surface area (Å²) < 4.78 is 3.13. The van der Waals surface area contributed by atoms with E-state index in [1.807, 2.05) is 36.4 Å². The molecule has 0 saturated carbocycles. The van der Waals surface area contributed by atoms with Crippen LogP contribution in [-0.4, -0.2) is 20.3 Å². The smallest absolute Gasteiger partial charge is 0.251 e. The first-order valence-electron chi connectivity index (χ1n) is 9.90. The predicted molar refractivity (Wildman–Crippen MR) is 121 cm³/mol. The second kappa shape index (κ2) is 7.72. The fourth-order valence-corrected chi connectivity index (χ4v) is 4.52. The maximum Gasteiger partial charge on any atom is 0.251 e. The van der Waals surface area contributed by atoms with Crippen molar-refractivity contribution in [3.05, 3.63) is 89.9 Å². The van der Waals surface area contributed by atoms with Crippen molar-refractivity contribution < 1.29 is 4.79 Å². The van der Waals surface area contributed by atoms with Crippen molar-refractivity contribution in [3.8, 4) is 11.3 Å². The molecule has 1 N–H and O–H groups in total. The van der Waals surface area contributed by atoms with E-state index in [1.165, 1.54) is 5.56 Å². The summed E-state index contributed by atoms with van der Waals surface area (Å²) in [5, 5.41) is 2.93. The Bertz CT molecular complexity index is 1340. The number of rotatable bonds is 5. The van der Waals surface area contributed by atoms with Crippen molar-refractivity contribution in [2.75, 3.05) is 0 Å². The molecule has 0 saturated heterocycles. The van der Waals surface area contributed by atoms with Crippen LogP contribution in [0.15, 0.2) is 73.1 Å². The Morgan fingerprint density at radius 2 is 1.97 bits per heavy atom. The van der Waals surface area contributed by atoms with E-state index in [4.69, 9.17) is 4.98 Å². The van der Waals surface area contributed by atoms with E-state index in [0.717, 1.165) is 38.5 Å². The molecule has 148 valence electrons. The number of aryl methyl sites for hydroxylation is 1. The molecule has 5 aromatic rings. The van der Waals surface area contributed by atoms with Gasteiger partial charge in [-0.25, -0.2) is 4.98 Å². The Hall–Kier alpha value is -3.51. The summed E-state index contributed by atoms with van der Waals surface area (Å²) in [6.07, 6.45) is 4.82. The Morgan fingerprint density at radius 3 is 2.73 bits per heavy atom. The summed E-state index contributed by atoms with van der Waals surface area (Å²) in [5.41, 5.74) is 5.92. The van der Waals surface area contributed by atoms with Gasteiger partial charge in [0, 0.05) is 23.5 Å². The molecule has 2 aromatic carbocycles. The van der Waals surface area contributed by atoms with Crippen molar-refractivity contribution in [1.29, 1.82) is 0 Å². The second-order valence-electron chi connectivity index (χ2n) is 7.12. The van der Waals surface area contributed by atoms with Crippen molar-refractivity contribution in [3.63, 3.8) is 0 Å². The third kappa shape index (κ3) is 3.46. The van der Waals surface area contributed by atoms with Crippen LogP contribution in [0, 0.1) is 0 Å². The molecule has 0 radical (unpaired) electrons. The van der Waals surface area contributed by atoms with Gasteiger partial charge in [0.2, 0.25) is 0 Å². The lowest BCUT2D eigenvalue weighted by Crippen LogP contribution is -2.23. The largest absolute Gasteiger partial charge is 0.346 e. The van der Waals surface area contributed by atoms with Gasteiger partial charge in [-0.3, -0.25) is 14.2 Å². The highest BCUT2D eigenvalue weighted by molar-refractivity contribution is 7.23. The van der Waals surface area contributed by atoms with Gasteiger partial charge in [0.15, 0.2) is 4.96 Å². The molecule has 30 heavy (non-hydrogen) atoms. The summed E-state index contributed by atoms with van der Waals surface area (Å²) in [4.78, 5) is 22.5. The highest BCUT2D eigenvalue weighted by Crippen LogP contribution is 2.30. The third-order valence-electron chi connectivity index (χ3n) is 5.17. The maximum absolute atomic E-state index is 12.5. The number of carbonyl (C=O) groups excluding carboxylic acids is 1. The first-order valence-corrected chi connectivity index (χ1v) is 10.7. The number of hydrogen-bond acceptors (Lipinski definition) is 4. The van der Waals surface area contributed by atoms with E-state index in [2.05, 4.69) is 52.1 Å². The highest BCUT2D eigenvalue weighted by atomic mass is 32.1. The SMILES string of the molecule is CCc1ccc(-c2cn3c(n2)sc2cc(C(=O)NCc4ccccn4)ccc23)cc1. The van der Waals surface area contributed by atoms with Gasteiger partial charge in [0.25, 0.3) is 5.91 Å². The third-order valence-corrected chi connectivity index (χ3v) is 6.19. The van der Waals surface area contributed by atoms with Crippen LogP contribution in [0.5, 0.6) is 0 Å². The zero-order chi connectivity index (χ0) is 20.5. The Balaban J connectivity index is 1.40. The number of carbonyl (C=O) groups is 1. The van der Waals surface area contributed by atoms with Gasteiger partial charge in [-0.15, -0.1) is 0 Å². The molecular weight excluding hydrogens is 392 g/mol. The Labute approximate surface area is 178 Å². The van der Waals surface area contributed by atoms with E-state index in [0.29, 0.717) is 12.1 Å². The van der Waals surface area contributed by atoms with Crippen molar-refractivity contribution >= 4 is 32.4 Å². The fraction of sp³-hybridized carbons (Fsp3) is 0.125. The highest BCUT2D eigenvalue weighted by Gasteiger charge is 2.13. The summed E-state index contributed by atoms with van der Waals surface area (Å²) in [6, 6.07) is 20.0. The second-order valence-corrected chi connectivity index (χ2v) is 8.13. The van der Waals surface area contributed by atoms with Crippen LogP contribution < -0.4 is 5.32 Å². The molecule has 0 bridgehead atoms. The Morgan fingerprint density at radius 1 is 1.10 bits per heavy atom. The van der Waals surface area contributed by atoms with E-state index in [-0.39, 0.29) is 5.91 Å². The lowest BCUT2D eigenvalue weighted by molar-refractivity contribution is 0.0950. The van der Waals surface area contributed by atoms with E-state index < -0.39 is 0 Å². The molecule has 0 atom stereocenters. The first-order chi connectivity index (χ1) is 14.7. The molecule has 0 aliphatic heterocycles. The zero-order valence-electron chi connectivity index (χ0n) is 16.5. The molecule has 0 unspecified atom stereocenters. The van der Waals surface area contributed by atoms with Crippen molar-refractivity contribution in [2.45, 2.75) is 19.9 Å². The lowest BCUT2D eigenvalue weighted by Gasteiger charge is -2.05. The minimum absolute atomic E-state index is 0.106. The minimum atomic E-state index is -0.106. The zero-order valence-corrected chi connectivity index (χ0v) is 17.3.